The van der Waals surface area contributed by atoms with E-state index in [9.17, 15) is 9.59 Å². The Labute approximate surface area is 88.4 Å². The third-order valence-electron chi connectivity index (χ3n) is 3.45. The Balaban J connectivity index is 1.80. The van der Waals surface area contributed by atoms with Crippen LogP contribution in [0.4, 0.5) is 0 Å². The number of nitrogens with one attached hydrogen (secondary N) is 1. The summed E-state index contributed by atoms with van der Waals surface area (Å²) >= 11 is 0. The van der Waals surface area contributed by atoms with Crippen LogP contribution in [0.2, 0.25) is 0 Å². The number of carbonyl (C=O) groups is 2. The number of hydrogen-bond acceptors (Lipinski definition) is 3. The van der Waals surface area contributed by atoms with Gasteiger partial charge in [-0.2, -0.15) is 0 Å². The lowest BCUT2D eigenvalue weighted by Crippen LogP contribution is -2.57. The predicted molar refractivity (Wildman–Crippen MR) is 53.2 cm³/mol. The minimum atomic E-state index is -0.794. The Kier molecular flexibility index (Phi) is 2.65. The smallest absolute Gasteiger partial charge is 0.310 e. The number of nitrogens with zero attached hydrogens (tertiary/aromatic N) is 1. The maximum Gasteiger partial charge on any atom is 0.310 e. The van der Waals surface area contributed by atoms with Gasteiger partial charge in [-0.05, 0) is 19.0 Å². The zero-order valence-corrected chi connectivity index (χ0v) is 8.77. The van der Waals surface area contributed by atoms with Crippen molar-refractivity contribution in [2.75, 3.05) is 26.2 Å². The highest BCUT2D eigenvalue weighted by Crippen LogP contribution is 2.23. The van der Waals surface area contributed by atoms with Gasteiger partial charge >= 0.3 is 5.97 Å². The van der Waals surface area contributed by atoms with Gasteiger partial charge in [-0.15, -0.1) is 0 Å². The standard InChI is InChI=1S/C10H16N2O3/c1-6(7-2-11-3-7)9(13)12-4-8(5-12)10(14)15/h6-8,11H,2-5H2,1H3,(H,14,15). The van der Waals surface area contributed by atoms with Crippen molar-refractivity contribution < 1.29 is 14.7 Å². The molecule has 0 aliphatic carbocycles. The number of aliphatic carboxylic acids is 1. The van der Waals surface area contributed by atoms with Crippen molar-refractivity contribution in [1.82, 2.24) is 10.2 Å². The molecule has 5 heteroatoms. The van der Waals surface area contributed by atoms with E-state index in [4.69, 9.17) is 5.11 Å². The molecule has 15 heavy (non-hydrogen) atoms. The number of hydrogen-bond donors (Lipinski definition) is 2. The summed E-state index contributed by atoms with van der Waals surface area (Å²) in [5, 5.41) is 11.8. The fraction of sp³-hybridized carbons (Fsp3) is 0.800. The summed E-state index contributed by atoms with van der Waals surface area (Å²) in [7, 11) is 0. The summed E-state index contributed by atoms with van der Waals surface area (Å²) in [5.74, 6) is -0.570. The number of amides is 1. The quantitative estimate of drug-likeness (QED) is 0.654. The Morgan fingerprint density at radius 2 is 2.00 bits per heavy atom. The third kappa shape index (κ3) is 1.84. The van der Waals surface area contributed by atoms with E-state index in [2.05, 4.69) is 5.32 Å². The Bertz CT molecular complexity index is 282. The van der Waals surface area contributed by atoms with Gasteiger partial charge in [0.15, 0.2) is 0 Å². The van der Waals surface area contributed by atoms with Crippen LogP contribution in [-0.4, -0.2) is 48.1 Å². The fourth-order valence-electron chi connectivity index (χ4n) is 1.97. The minimum absolute atomic E-state index is 0.0287. The Hall–Kier alpha value is -1.10. The van der Waals surface area contributed by atoms with Crippen molar-refractivity contribution in [2.24, 2.45) is 17.8 Å². The van der Waals surface area contributed by atoms with Crippen LogP contribution in [0, 0.1) is 17.8 Å². The molecule has 0 saturated carbocycles. The molecule has 0 bridgehead atoms. The molecule has 0 aromatic carbocycles. The van der Waals surface area contributed by atoms with Crippen LogP contribution in [-0.2, 0) is 9.59 Å². The van der Waals surface area contributed by atoms with Crippen molar-refractivity contribution in [3.05, 3.63) is 0 Å². The molecule has 1 atom stereocenters. The highest BCUT2D eigenvalue weighted by atomic mass is 16.4. The Morgan fingerprint density at radius 3 is 2.40 bits per heavy atom. The van der Waals surface area contributed by atoms with Gasteiger partial charge in [-0.1, -0.05) is 6.92 Å². The van der Waals surface area contributed by atoms with Crippen LogP contribution in [0.25, 0.3) is 0 Å². The summed E-state index contributed by atoms with van der Waals surface area (Å²) in [4.78, 5) is 24.1. The summed E-state index contributed by atoms with van der Waals surface area (Å²) in [5.41, 5.74) is 0. The van der Waals surface area contributed by atoms with Crippen molar-refractivity contribution in [2.45, 2.75) is 6.92 Å². The predicted octanol–water partition coefficient (Wildman–Crippen LogP) is -0.615. The highest BCUT2D eigenvalue weighted by molar-refractivity contribution is 5.82. The molecule has 1 unspecified atom stereocenters. The zero-order chi connectivity index (χ0) is 11.0. The van der Waals surface area contributed by atoms with Crippen LogP contribution < -0.4 is 5.32 Å². The fourth-order valence-corrected chi connectivity index (χ4v) is 1.97. The number of carboxylic acid groups (broad SMARTS) is 1. The second-order valence-electron chi connectivity index (χ2n) is 4.49. The first-order valence-corrected chi connectivity index (χ1v) is 5.32. The summed E-state index contributed by atoms with van der Waals surface area (Å²) < 4.78 is 0. The van der Waals surface area contributed by atoms with E-state index in [1.807, 2.05) is 6.92 Å². The molecule has 2 saturated heterocycles. The average Bonchev–Trinajstić information content (AvgIpc) is 1.96. The van der Waals surface area contributed by atoms with Gasteiger partial charge in [0.05, 0.1) is 5.92 Å². The molecule has 2 N–H and O–H groups in total. The van der Waals surface area contributed by atoms with Crippen molar-refractivity contribution >= 4 is 11.9 Å². The van der Waals surface area contributed by atoms with Gasteiger partial charge in [0.2, 0.25) is 5.91 Å². The molecule has 2 aliphatic rings. The minimum Gasteiger partial charge on any atom is -0.481 e. The van der Waals surface area contributed by atoms with E-state index < -0.39 is 5.97 Å². The van der Waals surface area contributed by atoms with E-state index >= 15 is 0 Å². The molecule has 2 aliphatic heterocycles. The molecule has 0 aromatic heterocycles. The molecule has 2 rings (SSSR count). The molecular formula is C10H16N2O3. The number of carboxylic acids is 1. The third-order valence-corrected chi connectivity index (χ3v) is 3.45. The second-order valence-corrected chi connectivity index (χ2v) is 4.49. The molecule has 2 fully saturated rings. The summed E-state index contributed by atoms with van der Waals surface area (Å²) in [6.07, 6.45) is 0. The van der Waals surface area contributed by atoms with Gasteiger partial charge in [-0.25, -0.2) is 0 Å². The normalized spacial score (nSPS) is 24.2. The SMILES string of the molecule is CC(C(=O)N1CC(C(=O)O)C1)C1CNC1. The van der Waals surface area contributed by atoms with E-state index in [0.717, 1.165) is 13.1 Å². The second kappa shape index (κ2) is 3.81. The number of carbonyl (C=O) groups excluding carboxylic acids is 1. The molecule has 0 radical (unpaired) electrons. The van der Waals surface area contributed by atoms with E-state index in [1.54, 1.807) is 4.90 Å². The number of rotatable bonds is 3. The average molecular weight is 212 g/mol. The van der Waals surface area contributed by atoms with Crippen LogP contribution in [0.1, 0.15) is 6.92 Å². The highest BCUT2D eigenvalue weighted by Gasteiger charge is 2.39. The first-order chi connectivity index (χ1) is 7.09. The molecule has 2 heterocycles. The molecular weight excluding hydrogens is 196 g/mol. The lowest BCUT2D eigenvalue weighted by molar-refractivity contribution is -0.155. The summed E-state index contributed by atoms with van der Waals surface area (Å²) in [6, 6.07) is 0. The van der Waals surface area contributed by atoms with Gasteiger partial charge < -0.3 is 15.3 Å². The van der Waals surface area contributed by atoms with E-state index in [0.29, 0.717) is 19.0 Å². The van der Waals surface area contributed by atoms with E-state index in [-0.39, 0.29) is 17.7 Å². The molecule has 5 nitrogen and oxygen atoms in total. The maximum atomic E-state index is 11.8. The van der Waals surface area contributed by atoms with Gasteiger partial charge in [0, 0.05) is 19.0 Å². The monoisotopic (exact) mass is 212 g/mol. The van der Waals surface area contributed by atoms with Crippen LogP contribution in [0.3, 0.4) is 0 Å². The lowest BCUT2D eigenvalue weighted by atomic mass is 9.86. The summed E-state index contributed by atoms with van der Waals surface area (Å²) in [6.45, 7) is 4.52. The Morgan fingerprint density at radius 1 is 1.40 bits per heavy atom. The van der Waals surface area contributed by atoms with Crippen molar-refractivity contribution in [1.29, 1.82) is 0 Å². The lowest BCUT2D eigenvalue weighted by Gasteiger charge is -2.41. The molecule has 1 amide bonds. The topological polar surface area (TPSA) is 69.6 Å². The zero-order valence-electron chi connectivity index (χ0n) is 8.77. The molecule has 0 aromatic rings. The number of likely N-dealkylation sites (tertiary alicyclic amines) is 1. The largest absolute Gasteiger partial charge is 0.481 e. The van der Waals surface area contributed by atoms with Gasteiger partial charge in [0.1, 0.15) is 0 Å². The van der Waals surface area contributed by atoms with Crippen LogP contribution in [0.5, 0.6) is 0 Å². The van der Waals surface area contributed by atoms with Crippen LogP contribution >= 0.6 is 0 Å². The van der Waals surface area contributed by atoms with Crippen molar-refractivity contribution in [3.63, 3.8) is 0 Å². The van der Waals surface area contributed by atoms with E-state index in [1.165, 1.54) is 0 Å². The first-order valence-electron chi connectivity index (χ1n) is 5.32. The molecule has 84 valence electrons. The molecule has 0 spiro atoms. The van der Waals surface area contributed by atoms with Crippen LogP contribution in [0.15, 0.2) is 0 Å². The van der Waals surface area contributed by atoms with Gasteiger partial charge in [0.25, 0.3) is 0 Å². The first kappa shape index (κ1) is 10.4. The van der Waals surface area contributed by atoms with Gasteiger partial charge in [-0.3, -0.25) is 9.59 Å². The van der Waals surface area contributed by atoms with Crippen molar-refractivity contribution in [3.8, 4) is 0 Å². The maximum absolute atomic E-state index is 11.8.